The SMILES string of the molecule is Cc1cccc(C)c1-n1nnnc1C(c1cccc(C(F)(F)F)c1)N1CCN(C/C=C/c2ccccc2O)CC1. The topological polar surface area (TPSA) is 70.3 Å². The minimum Gasteiger partial charge on any atom is -0.507 e. The zero-order valence-electron chi connectivity index (χ0n) is 22.4. The van der Waals surface area contributed by atoms with Gasteiger partial charge in [0.15, 0.2) is 5.82 Å². The summed E-state index contributed by atoms with van der Waals surface area (Å²) in [5, 5.41) is 22.6. The van der Waals surface area contributed by atoms with E-state index in [1.807, 2.05) is 56.3 Å². The van der Waals surface area contributed by atoms with Crippen LogP contribution in [0.1, 0.15) is 39.7 Å². The number of nitrogens with zero attached hydrogens (tertiary/aromatic N) is 6. The standard InChI is InChI=1S/C30H31F3N6O/c1-21-8-5-9-22(2)27(21)39-29(34-35-36-39)28(24-11-6-13-25(20-24)30(31,32)33)38-18-16-37(17-19-38)15-7-12-23-10-3-4-14-26(23)40/h3-14,20,28,40H,15-19H2,1-2H3/b12-7+. The van der Waals surface area contributed by atoms with E-state index in [4.69, 9.17) is 0 Å². The zero-order chi connectivity index (χ0) is 28.3. The Morgan fingerprint density at radius 1 is 0.925 bits per heavy atom. The largest absolute Gasteiger partial charge is 0.507 e. The lowest BCUT2D eigenvalue weighted by Crippen LogP contribution is -2.48. The quantitative estimate of drug-likeness (QED) is 0.333. The molecule has 1 aliphatic heterocycles. The summed E-state index contributed by atoms with van der Waals surface area (Å²) in [5.74, 6) is 0.707. The number of hydrogen-bond acceptors (Lipinski definition) is 6. The van der Waals surface area contributed by atoms with Gasteiger partial charge in [0.1, 0.15) is 5.75 Å². The molecular weight excluding hydrogens is 517 g/mol. The first kappa shape index (κ1) is 27.5. The molecule has 5 rings (SSSR count). The summed E-state index contributed by atoms with van der Waals surface area (Å²) < 4.78 is 42.7. The third kappa shape index (κ3) is 5.93. The fourth-order valence-electron chi connectivity index (χ4n) is 5.23. The van der Waals surface area contributed by atoms with Crippen molar-refractivity contribution in [3.8, 4) is 11.4 Å². The van der Waals surface area contributed by atoms with Gasteiger partial charge >= 0.3 is 6.18 Å². The molecule has 1 aliphatic rings. The molecule has 1 atom stereocenters. The maximum atomic E-state index is 13.7. The average molecular weight is 549 g/mol. The van der Waals surface area contributed by atoms with E-state index in [-0.39, 0.29) is 5.75 Å². The lowest BCUT2D eigenvalue weighted by Gasteiger charge is -2.38. The fourth-order valence-corrected chi connectivity index (χ4v) is 5.23. The molecule has 1 fully saturated rings. The number of hydrogen-bond donors (Lipinski definition) is 1. The maximum absolute atomic E-state index is 13.7. The molecule has 1 saturated heterocycles. The highest BCUT2D eigenvalue weighted by molar-refractivity contribution is 5.56. The third-order valence-electron chi connectivity index (χ3n) is 7.29. The van der Waals surface area contributed by atoms with Crippen LogP contribution in [0.4, 0.5) is 13.2 Å². The maximum Gasteiger partial charge on any atom is 0.416 e. The van der Waals surface area contributed by atoms with E-state index in [0.29, 0.717) is 44.1 Å². The van der Waals surface area contributed by atoms with E-state index in [1.54, 1.807) is 22.9 Å². The Kier molecular flexibility index (Phi) is 7.99. The Bertz CT molecular complexity index is 1470. The van der Waals surface area contributed by atoms with Gasteiger partial charge in [0, 0.05) is 38.3 Å². The summed E-state index contributed by atoms with van der Waals surface area (Å²) in [6.07, 6.45) is -0.556. The number of rotatable bonds is 7. The van der Waals surface area contributed by atoms with Gasteiger partial charge in [-0.05, 0) is 59.2 Å². The van der Waals surface area contributed by atoms with Gasteiger partial charge in [-0.15, -0.1) is 5.10 Å². The molecule has 10 heteroatoms. The number of phenols is 1. The van der Waals surface area contributed by atoms with E-state index in [2.05, 4.69) is 25.3 Å². The number of piperazine rings is 1. The number of aromatic hydroxyl groups is 1. The summed E-state index contributed by atoms with van der Waals surface area (Å²) in [6, 6.07) is 17.9. The van der Waals surface area contributed by atoms with Gasteiger partial charge in [-0.3, -0.25) is 9.80 Å². The first-order valence-electron chi connectivity index (χ1n) is 13.2. The molecule has 0 aliphatic carbocycles. The van der Waals surface area contributed by atoms with Crippen LogP contribution in [0.2, 0.25) is 0 Å². The van der Waals surface area contributed by atoms with E-state index >= 15 is 0 Å². The number of tetrazole rings is 1. The lowest BCUT2D eigenvalue weighted by molar-refractivity contribution is -0.137. The van der Waals surface area contributed by atoms with Crippen LogP contribution in [-0.2, 0) is 6.18 Å². The highest BCUT2D eigenvalue weighted by Gasteiger charge is 2.35. The molecule has 0 spiro atoms. The molecule has 1 unspecified atom stereocenters. The van der Waals surface area contributed by atoms with Gasteiger partial charge in [-0.1, -0.05) is 60.7 Å². The summed E-state index contributed by atoms with van der Waals surface area (Å²) in [4.78, 5) is 4.42. The monoisotopic (exact) mass is 548 g/mol. The number of alkyl halides is 3. The van der Waals surface area contributed by atoms with Crippen molar-refractivity contribution in [3.05, 3.63) is 106 Å². The van der Waals surface area contributed by atoms with Crippen LogP contribution in [0.5, 0.6) is 5.75 Å². The molecule has 4 aromatic rings. The van der Waals surface area contributed by atoms with Crippen molar-refractivity contribution >= 4 is 6.08 Å². The molecular formula is C30H31F3N6O. The van der Waals surface area contributed by atoms with Crippen LogP contribution in [0, 0.1) is 13.8 Å². The van der Waals surface area contributed by atoms with Crippen LogP contribution in [0.3, 0.4) is 0 Å². The van der Waals surface area contributed by atoms with Crippen molar-refractivity contribution in [2.45, 2.75) is 26.1 Å². The highest BCUT2D eigenvalue weighted by Crippen LogP contribution is 2.35. The molecule has 2 heterocycles. The van der Waals surface area contributed by atoms with E-state index in [1.165, 1.54) is 12.1 Å². The first-order valence-corrected chi connectivity index (χ1v) is 13.2. The number of para-hydroxylation sites is 2. The summed E-state index contributed by atoms with van der Waals surface area (Å²) in [7, 11) is 0. The van der Waals surface area contributed by atoms with Crippen molar-refractivity contribution in [2.24, 2.45) is 0 Å². The summed E-state index contributed by atoms with van der Waals surface area (Å²) in [5.41, 5.74) is 3.31. The lowest BCUT2D eigenvalue weighted by atomic mass is 10.00. The number of halogens is 3. The molecule has 1 aromatic heterocycles. The summed E-state index contributed by atoms with van der Waals surface area (Å²) >= 11 is 0. The van der Waals surface area contributed by atoms with E-state index < -0.39 is 17.8 Å². The van der Waals surface area contributed by atoms with Crippen LogP contribution >= 0.6 is 0 Å². The zero-order valence-corrected chi connectivity index (χ0v) is 22.4. The van der Waals surface area contributed by atoms with Crippen LogP contribution in [-0.4, -0.2) is 67.8 Å². The van der Waals surface area contributed by atoms with Crippen LogP contribution in [0.15, 0.2) is 72.8 Å². The van der Waals surface area contributed by atoms with Crippen molar-refractivity contribution in [2.75, 3.05) is 32.7 Å². The third-order valence-corrected chi connectivity index (χ3v) is 7.29. The molecule has 0 radical (unpaired) electrons. The van der Waals surface area contributed by atoms with Crippen molar-refractivity contribution < 1.29 is 18.3 Å². The van der Waals surface area contributed by atoms with E-state index in [0.717, 1.165) is 28.4 Å². The van der Waals surface area contributed by atoms with Gasteiger partial charge < -0.3 is 5.11 Å². The Labute approximate surface area is 231 Å². The molecule has 1 N–H and O–H groups in total. The van der Waals surface area contributed by atoms with Gasteiger partial charge in [-0.25, -0.2) is 0 Å². The molecule has 208 valence electrons. The van der Waals surface area contributed by atoms with Gasteiger partial charge in [-0.2, -0.15) is 17.9 Å². The second-order valence-electron chi connectivity index (χ2n) is 10.0. The molecule has 0 bridgehead atoms. The van der Waals surface area contributed by atoms with Gasteiger partial charge in [0.25, 0.3) is 0 Å². The van der Waals surface area contributed by atoms with Crippen molar-refractivity contribution in [1.82, 2.24) is 30.0 Å². The molecule has 3 aromatic carbocycles. The molecule has 40 heavy (non-hydrogen) atoms. The number of benzene rings is 3. The number of aryl methyl sites for hydroxylation is 2. The van der Waals surface area contributed by atoms with Gasteiger partial charge in [0.2, 0.25) is 0 Å². The average Bonchev–Trinajstić information content (AvgIpc) is 3.39. The Hall–Kier alpha value is -4.02. The number of phenolic OH excluding ortho intramolecular Hbond substituents is 1. The predicted octanol–water partition coefficient (Wildman–Crippen LogP) is 5.42. The van der Waals surface area contributed by atoms with Crippen LogP contribution < -0.4 is 0 Å². The second kappa shape index (κ2) is 11.6. The van der Waals surface area contributed by atoms with Crippen molar-refractivity contribution in [1.29, 1.82) is 0 Å². The highest BCUT2D eigenvalue weighted by atomic mass is 19.4. The molecule has 7 nitrogen and oxygen atoms in total. The Balaban J connectivity index is 1.43. The smallest absolute Gasteiger partial charge is 0.416 e. The van der Waals surface area contributed by atoms with Crippen molar-refractivity contribution in [3.63, 3.8) is 0 Å². The normalized spacial score (nSPS) is 16.0. The molecule has 0 saturated carbocycles. The minimum atomic E-state index is -4.46. The Morgan fingerprint density at radius 3 is 2.33 bits per heavy atom. The van der Waals surface area contributed by atoms with Crippen LogP contribution in [0.25, 0.3) is 11.8 Å². The fraction of sp³-hybridized carbons (Fsp3) is 0.300. The predicted molar refractivity (Wildman–Crippen MR) is 147 cm³/mol. The second-order valence-corrected chi connectivity index (χ2v) is 10.0. The van der Waals surface area contributed by atoms with Gasteiger partial charge in [0.05, 0.1) is 17.3 Å². The minimum absolute atomic E-state index is 0.231. The number of aromatic nitrogens is 4. The first-order chi connectivity index (χ1) is 19.2. The summed E-state index contributed by atoms with van der Waals surface area (Å²) in [6.45, 7) is 7.28. The Morgan fingerprint density at radius 2 is 1.62 bits per heavy atom. The van der Waals surface area contributed by atoms with E-state index in [9.17, 15) is 18.3 Å². The molecule has 0 amide bonds.